The van der Waals surface area contributed by atoms with E-state index in [0.29, 0.717) is 13.1 Å². The summed E-state index contributed by atoms with van der Waals surface area (Å²) >= 11 is 1.77. The van der Waals surface area contributed by atoms with Crippen LogP contribution in [0.2, 0.25) is 0 Å². The number of nitrogens with zero attached hydrogens (tertiary/aromatic N) is 3. The molecule has 0 aliphatic rings. The maximum absolute atomic E-state index is 12.0. The highest BCUT2D eigenvalue weighted by Crippen LogP contribution is 2.10. The number of carbonyl (C=O) groups is 1. The number of ether oxygens (including phenoxy) is 1. The van der Waals surface area contributed by atoms with Crippen LogP contribution in [0.1, 0.15) is 32.6 Å². The molecule has 0 aliphatic carbocycles. The number of nitrogens with one attached hydrogen (secondary N) is 1. The second-order valence-electron chi connectivity index (χ2n) is 6.89. The summed E-state index contributed by atoms with van der Waals surface area (Å²) in [5, 5.41) is 5.40. The fourth-order valence-electron chi connectivity index (χ4n) is 2.05. The molecule has 0 saturated heterocycles. The number of rotatable bonds is 7. The topological polar surface area (TPSA) is 57.2 Å². The van der Waals surface area contributed by atoms with Crippen molar-refractivity contribution in [1.82, 2.24) is 15.1 Å². The summed E-state index contributed by atoms with van der Waals surface area (Å²) in [7, 11) is 3.77. The first-order valence-corrected chi connectivity index (χ1v) is 9.57. The predicted molar refractivity (Wildman–Crippen MR) is 121 cm³/mol. The Hall–Kier alpha value is -1.03. The molecule has 0 spiro atoms. The highest BCUT2D eigenvalue weighted by molar-refractivity contribution is 14.0. The van der Waals surface area contributed by atoms with Gasteiger partial charge in [0.05, 0.1) is 6.54 Å². The van der Waals surface area contributed by atoms with E-state index in [-0.39, 0.29) is 30.1 Å². The van der Waals surface area contributed by atoms with E-state index in [0.717, 1.165) is 25.5 Å². The van der Waals surface area contributed by atoms with Gasteiger partial charge >= 0.3 is 6.09 Å². The Kier molecular flexibility index (Phi) is 11.9. The minimum atomic E-state index is -0.481. The number of amides is 1. The zero-order chi connectivity index (χ0) is 18.9. The third kappa shape index (κ3) is 10.2. The zero-order valence-electron chi connectivity index (χ0n) is 16.7. The van der Waals surface area contributed by atoms with Crippen LogP contribution >= 0.6 is 35.3 Å². The number of thiophene rings is 1. The van der Waals surface area contributed by atoms with Crippen LogP contribution in [0.5, 0.6) is 0 Å². The van der Waals surface area contributed by atoms with E-state index < -0.39 is 5.60 Å². The molecule has 0 fully saturated rings. The average Bonchev–Trinajstić information content (AvgIpc) is 3.03. The van der Waals surface area contributed by atoms with Crippen molar-refractivity contribution in [2.24, 2.45) is 4.99 Å². The van der Waals surface area contributed by atoms with Crippen molar-refractivity contribution < 1.29 is 9.53 Å². The van der Waals surface area contributed by atoms with Gasteiger partial charge in [-0.1, -0.05) is 6.07 Å². The molecular formula is C18H33IN4O2S. The molecule has 0 atom stereocenters. The highest BCUT2D eigenvalue weighted by atomic mass is 127. The van der Waals surface area contributed by atoms with Crippen molar-refractivity contribution in [2.45, 2.75) is 39.7 Å². The number of hydrogen-bond acceptors (Lipinski definition) is 4. The molecule has 1 aromatic rings. The van der Waals surface area contributed by atoms with Crippen LogP contribution in [-0.2, 0) is 11.2 Å². The van der Waals surface area contributed by atoms with E-state index in [1.807, 2.05) is 27.8 Å². The standard InChI is InChI=1S/C18H32N4O2S.HI/c1-7-19-16(21(5)12-10-15-9-8-14-25-15)20-11-13-22(6)17(23)24-18(2,3)4;/h8-9,14H,7,10-13H2,1-6H3,(H,19,20);1H. The summed E-state index contributed by atoms with van der Waals surface area (Å²) in [5.41, 5.74) is -0.481. The lowest BCUT2D eigenvalue weighted by molar-refractivity contribution is 0.0304. The molecule has 1 heterocycles. The first kappa shape index (κ1) is 25.0. The van der Waals surface area contributed by atoms with Crippen LogP contribution in [0.15, 0.2) is 22.5 Å². The third-order valence-corrected chi connectivity index (χ3v) is 4.31. The van der Waals surface area contributed by atoms with Crippen LogP contribution in [0.25, 0.3) is 0 Å². The Balaban J connectivity index is 0.00000625. The van der Waals surface area contributed by atoms with Gasteiger partial charge in [0.25, 0.3) is 0 Å². The number of likely N-dealkylation sites (N-methyl/N-ethyl adjacent to an activating group) is 2. The SMILES string of the molecule is CCNC(=NCCN(C)C(=O)OC(C)(C)C)N(C)CCc1cccs1.I. The van der Waals surface area contributed by atoms with E-state index in [1.54, 1.807) is 23.3 Å². The van der Waals surface area contributed by atoms with Gasteiger partial charge < -0.3 is 19.9 Å². The van der Waals surface area contributed by atoms with Crippen molar-refractivity contribution >= 4 is 47.4 Å². The summed E-state index contributed by atoms with van der Waals surface area (Å²) < 4.78 is 5.35. The number of guanidine groups is 1. The van der Waals surface area contributed by atoms with E-state index in [4.69, 9.17) is 4.74 Å². The smallest absolute Gasteiger partial charge is 0.410 e. The lowest BCUT2D eigenvalue weighted by atomic mass is 10.2. The van der Waals surface area contributed by atoms with Crippen LogP contribution in [0, 0.1) is 0 Å². The number of aliphatic imine (C=N–C) groups is 1. The molecule has 150 valence electrons. The quantitative estimate of drug-likeness (QED) is 0.356. The van der Waals surface area contributed by atoms with Crippen LogP contribution in [0.3, 0.4) is 0 Å². The Labute approximate surface area is 179 Å². The van der Waals surface area contributed by atoms with Crippen molar-refractivity contribution in [2.75, 3.05) is 40.3 Å². The minimum absolute atomic E-state index is 0. The van der Waals surface area contributed by atoms with Crippen LogP contribution in [-0.4, -0.2) is 67.7 Å². The Morgan fingerprint density at radius 3 is 2.50 bits per heavy atom. The van der Waals surface area contributed by atoms with Gasteiger partial charge in [0, 0.05) is 38.6 Å². The van der Waals surface area contributed by atoms with Crippen LogP contribution < -0.4 is 5.32 Å². The summed E-state index contributed by atoms with van der Waals surface area (Å²) in [6, 6.07) is 4.23. The second kappa shape index (κ2) is 12.4. The van der Waals surface area contributed by atoms with Gasteiger partial charge in [0.1, 0.15) is 5.60 Å². The van der Waals surface area contributed by atoms with Gasteiger partial charge in [0.15, 0.2) is 5.96 Å². The lowest BCUT2D eigenvalue weighted by Crippen LogP contribution is -2.41. The van der Waals surface area contributed by atoms with Gasteiger partial charge in [-0.3, -0.25) is 4.99 Å². The average molecular weight is 496 g/mol. The molecule has 8 heteroatoms. The van der Waals surface area contributed by atoms with Crippen molar-refractivity contribution in [3.05, 3.63) is 22.4 Å². The maximum atomic E-state index is 12.0. The molecule has 0 bridgehead atoms. The monoisotopic (exact) mass is 496 g/mol. The van der Waals surface area contributed by atoms with E-state index in [9.17, 15) is 4.79 Å². The van der Waals surface area contributed by atoms with Gasteiger partial charge in [-0.15, -0.1) is 35.3 Å². The Bertz CT molecular complexity index is 544. The van der Waals surface area contributed by atoms with Crippen molar-refractivity contribution in [1.29, 1.82) is 0 Å². The highest BCUT2D eigenvalue weighted by Gasteiger charge is 2.19. The molecule has 26 heavy (non-hydrogen) atoms. The maximum Gasteiger partial charge on any atom is 0.410 e. The molecule has 0 aliphatic heterocycles. The molecule has 1 aromatic heterocycles. The predicted octanol–water partition coefficient (Wildman–Crippen LogP) is 3.67. The number of hydrogen-bond donors (Lipinski definition) is 1. The molecule has 1 N–H and O–H groups in total. The molecule has 0 unspecified atom stereocenters. The van der Waals surface area contributed by atoms with Gasteiger partial charge in [-0.05, 0) is 45.6 Å². The molecule has 6 nitrogen and oxygen atoms in total. The summed E-state index contributed by atoms with van der Waals surface area (Å²) in [6.07, 6.45) is 0.676. The van der Waals surface area contributed by atoms with E-state index >= 15 is 0 Å². The van der Waals surface area contributed by atoms with Gasteiger partial charge in [-0.2, -0.15) is 0 Å². The largest absolute Gasteiger partial charge is 0.444 e. The minimum Gasteiger partial charge on any atom is -0.444 e. The van der Waals surface area contributed by atoms with Crippen molar-refractivity contribution in [3.8, 4) is 0 Å². The third-order valence-electron chi connectivity index (χ3n) is 3.37. The first-order chi connectivity index (χ1) is 11.7. The Morgan fingerprint density at radius 1 is 1.27 bits per heavy atom. The Morgan fingerprint density at radius 2 is 1.96 bits per heavy atom. The van der Waals surface area contributed by atoms with Crippen molar-refractivity contribution in [3.63, 3.8) is 0 Å². The molecule has 0 radical (unpaired) electrons. The van der Waals surface area contributed by atoms with E-state index in [1.165, 1.54) is 4.88 Å². The van der Waals surface area contributed by atoms with E-state index in [2.05, 4.69) is 39.6 Å². The molecular weight excluding hydrogens is 463 g/mol. The fourth-order valence-corrected chi connectivity index (χ4v) is 2.74. The molecule has 0 saturated carbocycles. The number of carbonyl (C=O) groups excluding carboxylic acids is 1. The zero-order valence-corrected chi connectivity index (χ0v) is 19.9. The first-order valence-electron chi connectivity index (χ1n) is 8.69. The molecule has 1 rings (SSSR count). The fraction of sp³-hybridized carbons (Fsp3) is 0.667. The second-order valence-corrected chi connectivity index (χ2v) is 7.92. The number of halogens is 1. The van der Waals surface area contributed by atoms with Gasteiger partial charge in [0.2, 0.25) is 0 Å². The molecule has 0 aromatic carbocycles. The summed E-state index contributed by atoms with van der Waals surface area (Å²) in [4.78, 5) is 21.6. The normalized spacial score (nSPS) is 11.5. The van der Waals surface area contributed by atoms with Crippen LogP contribution in [0.4, 0.5) is 4.79 Å². The summed E-state index contributed by atoms with van der Waals surface area (Å²) in [5.74, 6) is 0.858. The van der Waals surface area contributed by atoms with Gasteiger partial charge in [-0.25, -0.2) is 4.79 Å². The summed E-state index contributed by atoms with van der Waals surface area (Å²) in [6.45, 7) is 10.4. The molecule has 1 amide bonds. The lowest BCUT2D eigenvalue weighted by Gasteiger charge is -2.25.